The molecule has 0 bridgehead atoms. The minimum atomic E-state index is -0.909. The largest absolute Gasteiger partial charge is 0.481 e. The zero-order valence-electron chi connectivity index (χ0n) is 10.4. The fourth-order valence-corrected chi connectivity index (χ4v) is 0.939. The van der Waals surface area contributed by atoms with Crippen molar-refractivity contribution in [3.63, 3.8) is 0 Å². The van der Waals surface area contributed by atoms with Crippen LogP contribution in [-0.2, 0) is 14.3 Å². The molecule has 16 heavy (non-hydrogen) atoms. The van der Waals surface area contributed by atoms with Crippen LogP contribution in [0.25, 0.3) is 0 Å². The van der Waals surface area contributed by atoms with Crippen LogP contribution in [0, 0.1) is 5.41 Å². The van der Waals surface area contributed by atoms with Crippen molar-refractivity contribution in [3.8, 4) is 0 Å². The van der Waals surface area contributed by atoms with E-state index in [1.54, 1.807) is 13.8 Å². The number of carbonyl (C=O) groups is 2. The van der Waals surface area contributed by atoms with E-state index in [0.29, 0.717) is 6.42 Å². The van der Waals surface area contributed by atoms with Gasteiger partial charge in [-0.1, -0.05) is 6.92 Å². The molecule has 1 amide bonds. The van der Waals surface area contributed by atoms with Gasteiger partial charge in [0, 0.05) is 6.54 Å². The van der Waals surface area contributed by atoms with Gasteiger partial charge in [-0.3, -0.25) is 9.59 Å². The Balaban J connectivity index is 4.03. The van der Waals surface area contributed by atoms with E-state index >= 15 is 0 Å². The lowest BCUT2D eigenvalue weighted by Crippen LogP contribution is -2.42. The average Bonchev–Trinajstić information content (AvgIpc) is 2.22. The van der Waals surface area contributed by atoms with Gasteiger partial charge in [0.15, 0.2) is 0 Å². The van der Waals surface area contributed by atoms with Gasteiger partial charge in [0.25, 0.3) is 0 Å². The van der Waals surface area contributed by atoms with Crippen LogP contribution in [0.15, 0.2) is 0 Å². The van der Waals surface area contributed by atoms with E-state index in [1.165, 1.54) is 0 Å². The van der Waals surface area contributed by atoms with Crippen LogP contribution in [0.1, 0.15) is 34.1 Å². The number of hydrogen-bond donors (Lipinski definition) is 2. The number of rotatable bonds is 7. The zero-order valence-corrected chi connectivity index (χ0v) is 10.4. The maximum absolute atomic E-state index is 11.3. The molecule has 0 fully saturated rings. The lowest BCUT2D eigenvalue weighted by molar-refractivity contribution is -0.148. The average molecular weight is 231 g/mol. The van der Waals surface area contributed by atoms with E-state index in [2.05, 4.69) is 5.32 Å². The highest BCUT2D eigenvalue weighted by atomic mass is 16.5. The summed E-state index contributed by atoms with van der Waals surface area (Å²) in [6.45, 7) is 7.15. The van der Waals surface area contributed by atoms with Crippen LogP contribution in [0.5, 0.6) is 0 Å². The summed E-state index contributed by atoms with van der Waals surface area (Å²) in [5.74, 6) is -1.19. The summed E-state index contributed by atoms with van der Waals surface area (Å²) in [5, 5.41) is 11.5. The van der Waals surface area contributed by atoms with Crippen LogP contribution in [0.4, 0.5) is 0 Å². The number of hydrogen-bond acceptors (Lipinski definition) is 3. The smallest absolute Gasteiger partial charge is 0.311 e. The molecule has 0 aliphatic carbocycles. The molecule has 0 saturated heterocycles. The van der Waals surface area contributed by atoms with Gasteiger partial charge in [-0.15, -0.1) is 0 Å². The van der Waals surface area contributed by atoms with Crippen LogP contribution in [0.3, 0.4) is 0 Å². The quantitative estimate of drug-likeness (QED) is 0.686. The van der Waals surface area contributed by atoms with Crippen LogP contribution >= 0.6 is 0 Å². The SMILES string of the molecule is CCC(C)(CNC(=O)COC(C)C)C(=O)O. The fraction of sp³-hybridized carbons (Fsp3) is 0.818. The minimum Gasteiger partial charge on any atom is -0.481 e. The Morgan fingerprint density at radius 1 is 1.44 bits per heavy atom. The molecule has 0 rings (SSSR count). The predicted molar refractivity (Wildman–Crippen MR) is 60.1 cm³/mol. The van der Waals surface area contributed by atoms with Gasteiger partial charge >= 0.3 is 5.97 Å². The second-order valence-electron chi connectivity index (χ2n) is 4.36. The molecule has 1 atom stereocenters. The zero-order chi connectivity index (χ0) is 12.8. The van der Waals surface area contributed by atoms with Gasteiger partial charge in [-0.05, 0) is 27.2 Å². The Bertz CT molecular complexity index is 252. The van der Waals surface area contributed by atoms with E-state index in [0.717, 1.165) is 0 Å². The standard InChI is InChI=1S/C11H21NO4/c1-5-11(4,10(14)15)7-12-9(13)6-16-8(2)3/h8H,5-7H2,1-4H3,(H,12,13)(H,14,15). The number of aliphatic carboxylic acids is 1. The van der Waals surface area contributed by atoms with Gasteiger partial charge in [-0.2, -0.15) is 0 Å². The van der Waals surface area contributed by atoms with Crippen molar-refractivity contribution in [1.82, 2.24) is 5.32 Å². The monoisotopic (exact) mass is 231 g/mol. The Morgan fingerprint density at radius 2 is 2.00 bits per heavy atom. The summed E-state index contributed by atoms with van der Waals surface area (Å²) in [5.41, 5.74) is -0.909. The molecule has 5 heteroatoms. The molecule has 0 aromatic heterocycles. The molecule has 94 valence electrons. The van der Waals surface area contributed by atoms with Crippen molar-refractivity contribution in [2.75, 3.05) is 13.2 Å². The molecule has 0 aliphatic rings. The highest BCUT2D eigenvalue weighted by molar-refractivity contribution is 5.79. The van der Waals surface area contributed by atoms with Crippen molar-refractivity contribution in [2.24, 2.45) is 5.41 Å². The molecule has 0 aromatic carbocycles. The van der Waals surface area contributed by atoms with E-state index in [-0.39, 0.29) is 25.2 Å². The summed E-state index contributed by atoms with van der Waals surface area (Å²) < 4.78 is 5.10. The van der Waals surface area contributed by atoms with E-state index in [4.69, 9.17) is 9.84 Å². The van der Waals surface area contributed by atoms with Crippen LogP contribution in [-0.4, -0.2) is 36.2 Å². The molecule has 2 N–H and O–H groups in total. The third-order valence-corrected chi connectivity index (χ3v) is 2.52. The Labute approximate surface area is 96.2 Å². The van der Waals surface area contributed by atoms with Gasteiger partial charge < -0.3 is 15.2 Å². The van der Waals surface area contributed by atoms with Crippen molar-refractivity contribution >= 4 is 11.9 Å². The van der Waals surface area contributed by atoms with Crippen LogP contribution < -0.4 is 5.32 Å². The van der Waals surface area contributed by atoms with Gasteiger partial charge in [0.2, 0.25) is 5.91 Å². The highest BCUT2D eigenvalue weighted by Crippen LogP contribution is 2.19. The molecule has 5 nitrogen and oxygen atoms in total. The number of amides is 1. The first-order valence-corrected chi connectivity index (χ1v) is 5.43. The fourth-order valence-electron chi connectivity index (χ4n) is 0.939. The first-order valence-electron chi connectivity index (χ1n) is 5.43. The Kier molecular flexibility index (Phi) is 6.03. The summed E-state index contributed by atoms with van der Waals surface area (Å²) >= 11 is 0. The minimum absolute atomic E-state index is 0.0113. The van der Waals surface area contributed by atoms with E-state index in [9.17, 15) is 9.59 Å². The number of ether oxygens (including phenoxy) is 1. The molecular formula is C11H21NO4. The van der Waals surface area contributed by atoms with Crippen molar-refractivity contribution in [3.05, 3.63) is 0 Å². The van der Waals surface area contributed by atoms with Crippen molar-refractivity contribution in [1.29, 1.82) is 0 Å². The lowest BCUT2D eigenvalue weighted by atomic mass is 9.88. The topological polar surface area (TPSA) is 75.6 Å². The second kappa shape index (κ2) is 6.48. The lowest BCUT2D eigenvalue weighted by Gasteiger charge is -2.23. The molecule has 0 heterocycles. The molecule has 0 saturated carbocycles. The molecule has 0 aliphatic heterocycles. The third kappa shape index (κ3) is 5.11. The van der Waals surface area contributed by atoms with Crippen molar-refractivity contribution in [2.45, 2.75) is 40.2 Å². The first kappa shape index (κ1) is 14.9. The predicted octanol–water partition coefficient (Wildman–Crippen LogP) is 1.03. The third-order valence-electron chi connectivity index (χ3n) is 2.52. The Hall–Kier alpha value is -1.10. The van der Waals surface area contributed by atoms with E-state index in [1.807, 2.05) is 13.8 Å². The van der Waals surface area contributed by atoms with Gasteiger partial charge in [0.1, 0.15) is 6.61 Å². The molecule has 0 aromatic rings. The summed E-state index contributed by atoms with van der Waals surface area (Å²) in [4.78, 5) is 22.3. The normalized spacial score (nSPS) is 14.6. The number of carbonyl (C=O) groups excluding carboxylic acids is 1. The molecule has 0 radical (unpaired) electrons. The number of carboxylic acid groups (broad SMARTS) is 1. The molecule has 1 unspecified atom stereocenters. The summed E-state index contributed by atoms with van der Waals surface area (Å²) in [7, 11) is 0. The van der Waals surface area contributed by atoms with Gasteiger partial charge in [-0.25, -0.2) is 0 Å². The Morgan fingerprint density at radius 3 is 2.38 bits per heavy atom. The first-order chi connectivity index (χ1) is 7.31. The summed E-state index contributed by atoms with van der Waals surface area (Å²) in [6, 6.07) is 0. The number of nitrogens with one attached hydrogen (secondary N) is 1. The number of carboxylic acids is 1. The van der Waals surface area contributed by atoms with Crippen molar-refractivity contribution < 1.29 is 19.4 Å². The van der Waals surface area contributed by atoms with Crippen LogP contribution in [0.2, 0.25) is 0 Å². The molecular weight excluding hydrogens is 210 g/mol. The molecule has 0 spiro atoms. The second-order valence-corrected chi connectivity index (χ2v) is 4.36. The maximum Gasteiger partial charge on any atom is 0.311 e. The van der Waals surface area contributed by atoms with Gasteiger partial charge in [0.05, 0.1) is 11.5 Å². The maximum atomic E-state index is 11.3. The highest BCUT2D eigenvalue weighted by Gasteiger charge is 2.31. The summed E-state index contributed by atoms with van der Waals surface area (Å²) in [6.07, 6.45) is 0.455. The van der Waals surface area contributed by atoms with E-state index < -0.39 is 11.4 Å².